The fourth-order valence-corrected chi connectivity index (χ4v) is 1.92. The molecule has 0 amide bonds. The van der Waals surface area contributed by atoms with E-state index in [1.807, 2.05) is 13.1 Å². The molecule has 1 heterocycles. The Bertz CT molecular complexity index is 502. The summed E-state index contributed by atoms with van der Waals surface area (Å²) >= 11 is 0. The second kappa shape index (κ2) is 4.18. The molecule has 1 atom stereocenters. The Morgan fingerprint density at radius 2 is 2.06 bits per heavy atom. The molecule has 0 fully saturated rings. The average molecular weight is 218 g/mol. The van der Waals surface area contributed by atoms with Crippen molar-refractivity contribution in [3.63, 3.8) is 0 Å². The SMILES string of the molecule is CNC(C)c1cc2cc(OC)cc(C)c2[nH]1. The number of hydrogen-bond donors (Lipinski definition) is 2. The van der Waals surface area contributed by atoms with Crippen LogP contribution in [0, 0.1) is 6.92 Å². The van der Waals surface area contributed by atoms with Gasteiger partial charge in [0.05, 0.1) is 7.11 Å². The zero-order chi connectivity index (χ0) is 11.7. The molecular weight excluding hydrogens is 200 g/mol. The van der Waals surface area contributed by atoms with Crippen LogP contribution in [-0.4, -0.2) is 19.1 Å². The molecule has 16 heavy (non-hydrogen) atoms. The van der Waals surface area contributed by atoms with E-state index in [4.69, 9.17) is 4.74 Å². The van der Waals surface area contributed by atoms with E-state index in [9.17, 15) is 0 Å². The first-order valence-corrected chi connectivity index (χ1v) is 5.50. The molecule has 0 spiro atoms. The summed E-state index contributed by atoms with van der Waals surface area (Å²) in [7, 11) is 3.66. The van der Waals surface area contributed by atoms with Gasteiger partial charge in [-0.25, -0.2) is 0 Å². The van der Waals surface area contributed by atoms with Gasteiger partial charge in [-0.15, -0.1) is 0 Å². The van der Waals surface area contributed by atoms with Crippen molar-refractivity contribution in [1.82, 2.24) is 10.3 Å². The van der Waals surface area contributed by atoms with Gasteiger partial charge in [-0.1, -0.05) is 0 Å². The number of aromatic amines is 1. The maximum absolute atomic E-state index is 5.27. The number of aryl methyl sites for hydroxylation is 1. The second-order valence-corrected chi connectivity index (χ2v) is 4.14. The molecule has 0 aliphatic carbocycles. The third-order valence-electron chi connectivity index (χ3n) is 3.06. The lowest BCUT2D eigenvalue weighted by molar-refractivity contribution is 0.415. The van der Waals surface area contributed by atoms with Gasteiger partial charge in [0.2, 0.25) is 0 Å². The van der Waals surface area contributed by atoms with Crippen LogP contribution in [0.2, 0.25) is 0 Å². The highest BCUT2D eigenvalue weighted by molar-refractivity contribution is 5.85. The molecule has 2 aromatic rings. The number of rotatable bonds is 3. The third-order valence-corrected chi connectivity index (χ3v) is 3.06. The number of methoxy groups -OCH3 is 1. The highest BCUT2D eigenvalue weighted by Gasteiger charge is 2.09. The van der Waals surface area contributed by atoms with Crippen molar-refractivity contribution >= 4 is 10.9 Å². The smallest absolute Gasteiger partial charge is 0.119 e. The zero-order valence-corrected chi connectivity index (χ0v) is 10.2. The van der Waals surface area contributed by atoms with Gasteiger partial charge in [0.15, 0.2) is 0 Å². The summed E-state index contributed by atoms with van der Waals surface area (Å²) in [6.45, 7) is 4.23. The van der Waals surface area contributed by atoms with Crippen molar-refractivity contribution in [1.29, 1.82) is 0 Å². The Morgan fingerprint density at radius 3 is 2.69 bits per heavy atom. The predicted molar refractivity (Wildman–Crippen MR) is 67.1 cm³/mol. The minimum atomic E-state index is 0.331. The molecule has 1 aromatic carbocycles. The number of ether oxygens (including phenoxy) is 1. The molecule has 0 saturated heterocycles. The Morgan fingerprint density at radius 1 is 1.31 bits per heavy atom. The largest absolute Gasteiger partial charge is 0.497 e. The van der Waals surface area contributed by atoms with Crippen LogP contribution in [0.5, 0.6) is 5.75 Å². The van der Waals surface area contributed by atoms with Crippen LogP contribution >= 0.6 is 0 Å². The highest BCUT2D eigenvalue weighted by Crippen LogP contribution is 2.27. The van der Waals surface area contributed by atoms with E-state index in [2.05, 4.69) is 36.3 Å². The van der Waals surface area contributed by atoms with Gasteiger partial charge in [-0.3, -0.25) is 0 Å². The number of nitrogens with one attached hydrogen (secondary N) is 2. The van der Waals surface area contributed by atoms with Gasteiger partial charge in [0.25, 0.3) is 0 Å². The normalized spacial score (nSPS) is 13.0. The average Bonchev–Trinajstić information content (AvgIpc) is 2.72. The van der Waals surface area contributed by atoms with Crippen LogP contribution in [-0.2, 0) is 0 Å². The lowest BCUT2D eigenvalue weighted by Gasteiger charge is -2.06. The number of aromatic nitrogens is 1. The molecule has 0 radical (unpaired) electrons. The molecule has 3 nitrogen and oxygen atoms in total. The Balaban J connectivity index is 2.56. The molecule has 1 unspecified atom stereocenters. The Labute approximate surface area is 95.8 Å². The predicted octanol–water partition coefficient (Wildman–Crippen LogP) is 2.77. The first kappa shape index (κ1) is 11.0. The molecule has 2 rings (SSSR count). The summed E-state index contributed by atoms with van der Waals surface area (Å²) < 4.78 is 5.27. The van der Waals surface area contributed by atoms with Crippen LogP contribution in [0.25, 0.3) is 10.9 Å². The van der Waals surface area contributed by atoms with Crippen LogP contribution < -0.4 is 10.1 Å². The number of benzene rings is 1. The van der Waals surface area contributed by atoms with Gasteiger partial charge < -0.3 is 15.0 Å². The van der Waals surface area contributed by atoms with Crippen LogP contribution in [0.15, 0.2) is 18.2 Å². The molecule has 0 bridgehead atoms. The molecule has 3 heteroatoms. The first-order chi connectivity index (χ1) is 7.65. The fourth-order valence-electron chi connectivity index (χ4n) is 1.92. The van der Waals surface area contributed by atoms with E-state index in [1.165, 1.54) is 22.2 Å². The minimum Gasteiger partial charge on any atom is -0.497 e. The third kappa shape index (κ3) is 1.78. The second-order valence-electron chi connectivity index (χ2n) is 4.14. The molecule has 0 saturated carbocycles. The standard InChI is InChI=1S/C13H18N2O/c1-8-5-11(16-4)6-10-7-12(9(2)14-3)15-13(8)10/h5-7,9,14-15H,1-4H3. The van der Waals surface area contributed by atoms with Crippen molar-refractivity contribution in [2.24, 2.45) is 0 Å². The molecular formula is C13H18N2O. The topological polar surface area (TPSA) is 37.0 Å². The van der Waals surface area contributed by atoms with Gasteiger partial charge >= 0.3 is 0 Å². The zero-order valence-electron chi connectivity index (χ0n) is 10.2. The minimum absolute atomic E-state index is 0.331. The van der Waals surface area contributed by atoms with Crippen molar-refractivity contribution in [2.45, 2.75) is 19.9 Å². The van der Waals surface area contributed by atoms with Crippen LogP contribution in [0.3, 0.4) is 0 Å². The van der Waals surface area contributed by atoms with E-state index in [0.717, 1.165) is 5.75 Å². The molecule has 0 aliphatic heterocycles. The molecule has 0 aliphatic rings. The van der Waals surface area contributed by atoms with Gasteiger partial charge in [0, 0.05) is 22.6 Å². The summed E-state index contributed by atoms with van der Waals surface area (Å²) in [6, 6.07) is 6.61. The number of H-pyrrole nitrogens is 1. The van der Waals surface area contributed by atoms with Crippen LogP contribution in [0.1, 0.15) is 24.2 Å². The van der Waals surface area contributed by atoms with Gasteiger partial charge in [-0.05, 0) is 44.7 Å². The van der Waals surface area contributed by atoms with E-state index in [-0.39, 0.29) is 0 Å². The maximum Gasteiger partial charge on any atom is 0.119 e. The Kier molecular flexibility index (Phi) is 2.88. The Hall–Kier alpha value is -1.48. The van der Waals surface area contributed by atoms with E-state index in [0.29, 0.717) is 6.04 Å². The summed E-state index contributed by atoms with van der Waals surface area (Å²) in [6.07, 6.45) is 0. The summed E-state index contributed by atoms with van der Waals surface area (Å²) in [5, 5.41) is 4.43. The quantitative estimate of drug-likeness (QED) is 0.831. The van der Waals surface area contributed by atoms with E-state index in [1.54, 1.807) is 7.11 Å². The monoisotopic (exact) mass is 218 g/mol. The van der Waals surface area contributed by atoms with Crippen molar-refractivity contribution in [2.75, 3.05) is 14.2 Å². The fraction of sp³-hybridized carbons (Fsp3) is 0.385. The van der Waals surface area contributed by atoms with Crippen molar-refractivity contribution in [3.8, 4) is 5.75 Å². The molecule has 86 valence electrons. The summed E-state index contributed by atoms with van der Waals surface area (Å²) in [5.74, 6) is 0.910. The van der Waals surface area contributed by atoms with Gasteiger partial charge in [-0.2, -0.15) is 0 Å². The van der Waals surface area contributed by atoms with Crippen LogP contribution in [0.4, 0.5) is 0 Å². The van der Waals surface area contributed by atoms with Gasteiger partial charge in [0.1, 0.15) is 5.75 Å². The molecule has 1 aromatic heterocycles. The van der Waals surface area contributed by atoms with E-state index < -0.39 is 0 Å². The van der Waals surface area contributed by atoms with Crippen molar-refractivity contribution in [3.05, 3.63) is 29.5 Å². The van der Waals surface area contributed by atoms with E-state index >= 15 is 0 Å². The highest BCUT2D eigenvalue weighted by atomic mass is 16.5. The summed E-state index contributed by atoms with van der Waals surface area (Å²) in [4.78, 5) is 3.45. The first-order valence-electron chi connectivity index (χ1n) is 5.50. The number of hydrogen-bond acceptors (Lipinski definition) is 2. The van der Waals surface area contributed by atoms with Crippen molar-refractivity contribution < 1.29 is 4.74 Å². The lowest BCUT2D eigenvalue weighted by atomic mass is 10.1. The molecule has 2 N–H and O–H groups in total. The lowest BCUT2D eigenvalue weighted by Crippen LogP contribution is -2.12. The summed E-state index contributed by atoms with van der Waals surface area (Å²) in [5.41, 5.74) is 3.61. The maximum atomic E-state index is 5.27. The number of fused-ring (bicyclic) bond motifs is 1.